The van der Waals surface area contributed by atoms with Crippen LogP contribution in [0.1, 0.15) is 27.8 Å². The number of amides is 1. The topological polar surface area (TPSA) is 81.2 Å². The van der Waals surface area contributed by atoms with Crippen LogP contribution >= 0.6 is 11.3 Å². The number of carbonyl (C=O) groups is 2. The molecule has 0 aliphatic heterocycles. The highest BCUT2D eigenvalue weighted by Crippen LogP contribution is 2.27. The van der Waals surface area contributed by atoms with Crippen molar-refractivity contribution in [2.75, 3.05) is 11.9 Å². The van der Waals surface area contributed by atoms with Crippen LogP contribution in [0.25, 0.3) is 10.2 Å². The van der Waals surface area contributed by atoms with Gasteiger partial charge in [-0.1, -0.05) is 17.4 Å². The molecule has 0 aliphatic carbocycles. The van der Waals surface area contributed by atoms with Gasteiger partial charge in [0.15, 0.2) is 5.13 Å². The van der Waals surface area contributed by atoms with Crippen LogP contribution in [-0.4, -0.2) is 28.5 Å². The molecular formula is C16H13N3O3S. The van der Waals surface area contributed by atoms with Crippen molar-refractivity contribution in [3.05, 3.63) is 53.9 Å². The number of aromatic nitrogens is 2. The fraction of sp³-hybridized carbons (Fsp3) is 0.125. The van der Waals surface area contributed by atoms with Gasteiger partial charge in [0.25, 0.3) is 5.91 Å². The predicted molar refractivity (Wildman–Crippen MR) is 87.8 cm³/mol. The second-order valence-electron chi connectivity index (χ2n) is 4.59. The average Bonchev–Trinajstić information content (AvgIpc) is 2.97. The van der Waals surface area contributed by atoms with Crippen molar-refractivity contribution >= 4 is 38.6 Å². The summed E-state index contributed by atoms with van der Waals surface area (Å²) in [6, 6.07) is 10.2. The first-order valence-electron chi connectivity index (χ1n) is 6.97. The summed E-state index contributed by atoms with van der Waals surface area (Å²) in [4.78, 5) is 32.1. The largest absolute Gasteiger partial charge is 0.462 e. The lowest BCUT2D eigenvalue weighted by atomic mass is 10.2. The molecule has 0 saturated carbocycles. The molecule has 2 heterocycles. The molecule has 0 fully saturated rings. The summed E-state index contributed by atoms with van der Waals surface area (Å²) in [6.07, 6.45) is 1.55. The minimum Gasteiger partial charge on any atom is -0.462 e. The number of carbonyl (C=O) groups excluding carboxylic acids is 2. The monoisotopic (exact) mass is 327 g/mol. The van der Waals surface area contributed by atoms with Crippen molar-refractivity contribution in [2.24, 2.45) is 0 Å². The van der Waals surface area contributed by atoms with Crippen molar-refractivity contribution < 1.29 is 14.3 Å². The Labute approximate surface area is 136 Å². The highest BCUT2D eigenvalue weighted by atomic mass is 32.1. The predicted octanol–water partition coefficient (Wildman–Crippen LogP) is 3.12. The Balaban J connectivity index is 1.83. The van der Waals surface area contributed by atoms with Crippen molar-refractivity contribution in [1.82, 2.24) is 9.97 Å². The van der Waals surface area contributed by atoms with Gasteiger partial charge in [-0.3, -0.25) is 15.1 Å². The summed E-state index contributed by atoms with van der Waals surface area (Å²) < 4.78 is 5.77. The van der Waals surface area contributed by atoms with Gasteiger partial charge in [0.1, 0.15) is 5.69 Å². The zero-order valence-corrected chi connectivity index (χ0v) is 13.1. The van der Waals surface area contributed by atoms with Crippen LogP contribution in [0.5, 0.6) is 0 Å². The molecule has 0 bridgehead atoms. The maximum Gasteiger partial charge on any atom is 0.338 e. The highest BCUT2D eigenvalue weighted by Gasteiger charge is 2.13. The lowest BCUT2D eigenvalue weighted by Crippen LogP contribution is -2.12. The summed E-state index contributed by atoms with van der Waals surface area (Å²) in [5.41, 5.74) is 1.49. The zero-order valence-electron chi connectivity index (χ0n) is 12.3. The van der Waals surface area contributed by atoms with E-state index in [2.05, 4.69) is 15.3 Å². The van der Waals surface area contributed by atoms with Crippen LogP contribution in [0.3, 0.4) is 0 Å². The lowest BCUT2D eigenvalue weighted by molar-refractivity contribution is 0.0526. The van der Waals surface area contributed by atoms with E-state index < -0.39 is 0 Å². The lowest BCUT2D eigenvalue weighted by Gasteiger charge is -2.00. The first-order valence-corrected chi connectivity index (χ1v) is 7.79. The number of benzene rings is 1. The summed E-state index contributed by atoms with van der Waals surface area (Å²) in [5, 5.41) is 3.17. The van der Waals surface area contributed by atoms with E-state index in [0.29, 0.717) is 28.5 Å². The zero-order chi connectivity index (χ0) is 16.2. The molecule has 0 atom stereocenters. The van der Waals surface area contributed by atoms with Crippen LogP contribution < -0.4 is 5.32 Å². The average molecular weight is 327 g/mol. The molecular weight excluding hydrogens is 314 g/mol. The fourth-order valence-electron chi connectivity index (χ4n) is 1.98. The van der Waals surface area contributed by atoms with E-state index in [1.165, 1.54) is 11.3 Å². The summed E-state index contributed by atoms with van der Waals surface area (Å²) in [6.45, 7) is 2.08. The van der Waals surface area contributed by atoms with Crippen LogP contribution in [0.4, 0.5) is 5.13 Å². The fourth-order valence-corrected chi connectivity index (χ4v) is 2.88. The number of anilines is 1. The number of ether oxygens (including phenoxy) is 1. The van der Waals surface area contributed by atoms with Gasteiger partial charge in [-0.15, -0.1) is 0 Å². The third-order valence-corrected chi connectivity index (χ3v) is 3.95. The van der Waals surface area contributed by atoms with Gasteiger partial charge in [-0.05, 0) is 37.3 Å². The number of nitrogens with one attached hydrogen (secondary N) is 1. The van der Waals surface area contributed by atoms with Gasteiger partial charge in [-0.25, -0.2) is 9.78 Å². The second kappa shape index (κ2) is 6.53. The molecule has 0 saturated heterocycles. The number of fused-ring (bicyclic) bond motifs is 1. The Morgan fingerprint density at radius 2 is 2.13 bits per heavy atom. The molecule has 2 aromatic heterocycles. The van der Waals surface area contributed by atoms with Crippen molar-refractivity contribution in [3.63, 3.8) is 0 Å². The smallest absolute Gasteiger partial charge is 0.338 e. The molecule has 0 unspecified atom stereocenters. The number of thiazole rings is 1. The van der Waals surface area contributed by atoms with Gasteiger partial charge in [-0.2, -0.15) is 0 Å². The number of hydrogen-bond acceptors (Lipinski definition) is 6. The molecule has 3 aromatic rings. The van der Waals surface area contributed by atoms with Crippen LogP contribution in [0.2, 0.25) is 0 Å². The molecule has 1 N–H and O–H groups in total. The molecule has 1 aromatic carbocycles. The molecule has 0 spiro atoms. The minimum absolute atomic E-state index is 0.318. The first kappa shape index (κ1) is 15.1. The summed E-state index contributed by atoms with van der Waals surface area (Å²) >= 11 is 1.29. The van der Waals surface area contributed by atoms with E-state index >= 15 is 0 Å². The van der Waals surface area contributed by atoms with Crippen molar-refractivity contribution in [1.29, 1.82) is 0 Å². The molecule has 1 amide bonds. The van der Waals surface area contributed by atoms with E-state index in [-0.39, 0.29) is 11.9 Å². The van der Waals surface area contributed by atoms with Crippen LogP contribution in [0.15, 0.2) is 42.6 Å². The van der Waals surface area contributed by atoms with Gasteiger partial charge in [0, 0.05) is 6.20 Å². The third kappa shape index (κ3) is 3.35. The maximum absolute atomic E-state index is 12.1. The Bertz CT molecular complexity index is 861. The number of esters is 1. The standard InChI is InChI=1S/C16H13N3O3S/c1-2-22-15(21)10-6-7-11-13(9-10)23-16(18-11)19-14(20)12-5-3-4-8-17-12/h3-9H,2H2,1H3,(H,18,19,20). The van der Waals surface area contributed by atoms with E-state index in [1.807, 2.05) is 0 Å². The van der Waals surface area contributed by atoms with Gasteiger partial charge in [0.2, 0.25) is 0 Å². The Morgan fingerprint density at radius 3 is 2.87 bits per heavy atom. The van der Waals surface area contributed by atoms with E-state index in [0.717, 1.165) is 4.70 Å². The molecule has 6 nitrogen and oxygen atoms in total. The highest BCUT2D eigenvalue weighted by molar-refractivity contribution is 7.22. The summed E-state index contributed by atoms with van der Waals surface area (Å²) in [7, 11) is 0. The van der Waals surface area contributed by atoms with Gasteiger partial charge in [0.05, 0.1) is 22.4 Å². The van der Waals surface area contributed by atoms with Crippen LogP contribution in [-0.2, 0) is 4.74 Å². The Hall–Kier alpha value is -2.80. The van der Waals surface area contributed by atoms with Crippen molar-refractivity contribution in [2.45, 2.75) is 6.92 Å². The van der Waals surface area contributed by atoms with Crippen molar-refractivity contribution in [3.8, 4) is 0 Å². The number of nitrogens with zero attached hydrogens (tertiary/aromatic N) is 2. The van der Waals surface area contributed by atoms with E-state index in [4.69, 9.17) is 4.74 Å². The normalized spacial score (nSPS) is 10.5. The number of rotatable bonds is 4. The molecule has 116 valence electrons. The quantitative estimate of drug-likeness (QED) is 0.745. The van der Waals surface area contributed by atoms with Crippen LogP contribution in [0, 0.1) is 0 Å². The Kier molecular flexibility index (Phi) is 4.29. The third-order valence-electron chi connectivity index (χ3n) is 3.02. The Morgan fingerprint density at radius 1 is 1.26 bits per heavy atom. The molecule has 23 heavy (non-hydrogen) atoms. The number of hydrogen-bond donors (Lipinski definition) is 1. The summed E-state index contributed by atoms with van der Waals surface area (Å²) in [5.74, 6) is -0.697. The minimum atomic E-state index is -0.373. The number of pyridine rings is 1. The maximum atomic E-state index is 12.1. The van der Waals surface area contributed by atoms with E-state index in [9.17, 15) is 9.59 Å². The molecule has 0 aliphatic rings. The second-order valence-corrected chi connectivity index (χ2v) is 5.62. The van der Waals surface area contributed by atoms with Gasteiger partial charge >= 0.3 is 5.97 Å². The SMILES string of the molecule is CCOC(=O)c1ccc2nc(NC(=O)c3ccccn3)sc2c1. The van der Waals surface area contributed by atoms with E-state index in [1.54, 1.807) is 49.5 Å². The first-order chi connectivity index (χ1) is 11.2. The molecule has 3 rings (SSSR count). The molecule has 0 radical (unpaired) electrons. The molecule has 7 heteroatoms. The van der Waals surface area contributed by atoms with Gasteiger partial charge < -0.3 is 4.74 Å².